The standard InChI is InChI=1S/C18H37N/c1-6-7-11-15(2)12-9-8-10-13-16(3)17(4)14-18(5)19/h9,12,15-18H,6-8,10-11,13-14,19H2,1-5H3. The molecule has 1 nitrogen and oxygen atoms in total. The lowest BCUT2D eigenvalue weighted by molar-refractivity contribution is 0.322. The topological polar surface area (TPSA) is 26.0 Å². The summed E-state index contributed by atoms with van der Waals surface area (Å²) in [6, 6.07) is 0.344. The lowest BCUT2D eigenvalue weighted by atomic mass is 9.87. The van der Waals surface area contributed by atoms with Crippen molar-refractivity contribution in [2.24, 2.45) is 23.5 Å². The van der Waals surface area contributed by atoms with Gasteiger partial charge in [-0.2, -0.15) is 0 Å². The summed E-state index contributed by atoms with van der Waals surface area (Å²) in [6.07, 6.45) is 13.9. The molecule has 2 N–H and O–H groups in total. The van der Waals surface area contributed by atoms with Crippen molar-refractivity contribution in [2.75, 3.05) is 0 Å². The van der Waals surface area contributed by atoms with E-state index in [0.717, 1.165) is 24.2 Å². The van der Waals surface area contributed by atoms with E-state index in [0.29, 0.717) is 6.04 Å². The van der Waals surface area contributed by atoms with Crippen molar-refractivity contribution in [1.82, 2.24) is 0 Å². The molecule has 0 fully saturated rings. The van der Waals surface area contributed by atoms with Crippen LogP contribution in [-0.4, -0.2) is 6.04 Å². The summed E-state index contributed by atoms with van der Waals surface area (Å²) in [5, 5.41) is 0. The summed E-state index contributed by atoms with van der Waals surface area (Å²) < 4.78 is 0. The molecule has 0 aromatic heterocycles. The van der Waals surface area contributed by atoms with Crippen LogP contribution in [0.25, 0.3) is 0 Å². The van der Waals surface area contributed by atoms with Gasteiger partial charge in [0.15, 0.2) is 0 Å². The van der Waals surface area contributed by atoms with Crippen LogP contribution in [0.4, 0.5) is 0 Å². The van der Waals surface area contributed by atoms with Gasteiger partial charge >= 0.3 is 0 Å². The first-order valence-electron chi connectivity index (χ1n) is 8.39. The maximum atomic E-state index is 5.87. The van der Waals surface area contributed by atoms with Gasteiger partial charge in [-0.25, -0.2) is 0 Å². The SMILES string of the molecule is CCCCC(C)C=CCCCC(C)C(C)CC(C)N. The van der Waals surface area contributed by atoms with E-state index in [1.807, 2.05) is 0 Å². The number of allylic oxidation sites excluding steroid dienone is 2. The molecule has 0 amide bonds. The van der Waals surface area contributed by atoms with Gasteiger partial charge in [-0.1, -0.05) is 59.1 Å². The van der Waals surface area contributed by atoms with Crippen LogP contribution in [0.15, 0.2) is 12.2 Å². The van der Waals surface area contributed by atoms with Crippen LogP contribution in [0.1, 0.15) is 79.6 Å². The highest BCUT2D eigenvalue weighted by Crippen LogP contribution is 2.22. The highest BCUT2D eigenvalue weighted by Gasteiger charge is 2.13. The Labute approximate surface area is 122 Å². The normalized spacial score (nSPS) is 18.4. The Hall–Kier alpha value is -0.300. The molecule has 19 heavy (non-hydrogen) atoms. The molecule has 4 atom stereocenters. The molecular weight excluding hydrogens is 230 g/mol. The van der Waals surface area contributed by atoms with Crippen molar-refractivity contribution >= 4 is 0 Å². The minimum absolute atomic E-state index is 0.344. The van der Waals surface area contributed by atoms with E-state index in [1.165, 1.54) is 38.5 Å². The average Bonchev–Trinajstić information content (AvgIpc) is 2.34. The largest absolute Gasteiger partial charge is 0.328 e. The lowest BCUT2D eigenvalue weighted by Crippen LogP contribution is -2.21. The number of unbranched alkanes of at least 4 members (excludes halogenated alkanes) is 2. The van der Waals surface area contributed by atoms with Gasteiger partial charge < -0.3 is 5.73 Å². The van der Waals surface area contributed by atoms with Crippen molar-refractivity contribution in [1.29, 1.82) is 0 Å². The molecule has 0 aromatic rings. The third-order valence-corrected chi connectivity index (χ3v) is 4.22. The van der Waals surface area contributed by atoms with E-state index >= 15 is 0 Å². The Kier molecular flexibility index (Phi) is 11.3. The molecule has 0 aliphatic carbocycles. The van der Waals surface area contributed by atoms with Gasteiger partial charge in [-0.3, -0.25) is 0 Å². The summed E-state index contributed by atoms with van der Waals surface area (Å²) >= 11 is 0. The molecule has 0 saturated carbocycles. The number of hydrogen-bond donors (Lipinski definition) is 1. The first kappa shape index (κ1) is 18.7. The van der Waals surface area contributed by atoms with Crippen molar-refractivity contribution in [3.8, 4) is 0 Å². The van der Waals surface area contributed by atoms with Crippen LogP contribution in [0, 0.1) is 17.8 Å². The van der Waals surface area contributed by atoms with Crippen molar-refractivity contribution in [2.45, 2.75) is 85.6 Å². The van der Waals surface area contributed by atoms with Crippen LogP contribution in [0.3, 0.4) is 0 Å². The molecule has 0 aromatic carbocycles. The third-order valence-electron chi connectivity index (χ3n) is 4.22. The van der Waals surface area contributed by atoms with E-state index in [2.05, 4.69) is 46.8 Å². The van der Waals surface area contributed by atoms with Gasteiger partial charge in [-0.05, 0) is 50.4 Å². The van der Waals surface area contributed by atoms with Crippen LogP contribution in [-0.2, 0) is 0 Å². The van der Waals surface area contributed by atoms with Gasteiger partial charge in [0.2, 0.25) is 0 Å². The zero-order chi connectivity index (χ0) is 14.7. The summed E-state index contributed by atoms with van der Waals surface area (Å²) in [5.74, 6) is 2.32. The maximum Gasteiger partial charge on any atom is 0.00131 e. The van der Waals surface area contributed by atoms with Crippen LogP contribution in [0.5, 0.6) is 0 Å². The highest BCUT2D eigenvalue weighted by atomic mass is 14.6. The Morgan fingerprint density at radius 2 is 1.63 bits per heavy atom. The number of hydrogen-bond acceptors (Lipinski definition) is 1. The average molecular weight is 268 g/mol. The summed E-state index contributed by atoms with van der Waals surface area (Å²) in [4.78, 5) is 0. The fourth-order valence-corrected chi connectivity index (χ4v) is 2.61. The third kappa shape index (κ3) is 11.2. The molecule has 114 valence electrons. The fraction of sp³-hybridized carbons (Fsp3) is 0.889. The summed E-state index contributed by atoms with van der Waals surface area (Å²) in [6.45, 7) is 11.4. The summed E-state index contributed by atoms with van der Waals surface area (Å²) in [7, 11) is 0. The van der Waals surface area contributed by atoms with Gasteiger partial charge in [0.1, 0.15) is 0 Å². The molecule has 0 aliphatic rings. The van der Waals surface area contributed by atoms with E-state index < -0.39 is 0 Å². The minimum atomic E-state index is 0.344. The molecule has 0 aliphatic heterocycles. The molecule has 0 saturated heterocycles. The quantitative estimate of drug-likeness (QED) is 0.385. The van der Waals surface area contributed by atoms with Crippen molar-refractivity contribution in [3.63, 3.8) is 0 Å². The van der Waals surface area contributed by atoms with Gasteiger partial charge in [0.05, 0.1) is 0 Å². The first-order valence-corrected chi connectivity index (χ1v) is 8.39. The van der Waals surface area contributed by atoms with E-state index in [9.17, 15) is 0 Å². The maximum absolute atomic E-state index is 5.87. The van der Waals surface area contributed by atoms with E-state index in [-0.39, 0.29) is 0 Å². The second-order valence-electron chi connectivity index (χ2n) is 6.65. The number of nitrogens with two attached hydrogens (primary N) is 1. The van der Waals surface area contributed by atoms with Gasteiger partial charge in [0, 0.05) is 6.04 Å². The van der Waals surface area contributed by atoms with Crippen LogP contribution < -0.4 is 5.73 Å². The zero-order valence-corrected chi connectivity index (χ0v) is 14.0. The van der Waals surface area contributed by atoms with Crippen molar-refractivity contribution in [3.05, 3.63) is 12.2 Å². The lowest BCUT2D eigenvalue weighted by Gasteiger charge is -2.21. The second-order valence-corrected chi connectivity index (χ2v) is 6.65. The molecule has 0 heterocycles. The molecule has 0 spiro atoms. The Morgan fingerprint density at radius 3 is 2.21 bits per heavy atom. The molecule has 0 bridgehead atoms. The second kappa shape index (κ2) is 11.5. The van der Waals surface area contributed by atoms with Gasteiger partial charge in [0.25, 0.3) is 0 Å². The molecule has 0 radical (unpaired) electrons. The molecule has 0 rings (SSSR count). The predicted octanol–water partition coefficient (Wildman–Crippen LogP) is 5.55. The van der Waals surface area contributed by atoms with Crippen molar-refractivity contribution < 1.29 is 0 Å². The molecule has 4 unspecified atom stereocenters. The predicted molar refractivity (Wildman–Crippen MR) is 88.3 cm³/mol. The van der Waals surface area contributed by atoms with Gasteiger partial charge in [-0.15, -0.1) is 0 Å². The zero-order valence-electron chi connectivity index (χ0n) is 14.0. The van der Waals surface area contributed by atoms with Crippen LogP contribution in [0.2, 0.25) is 0 Å². The monoisotopic (exact) mass is 267 g/mol. The Morgan fingerprint density at radius 1 is 0.947 bits per heavy atom. The van der Waals surface area contributed by atoms with E-state index in [1.54, 1.807) is 0 Å². The fourth-order valence-electron chi connectivity index (χ4n) is 2.61. The summed E-state index contributed by atoms with van der Waals surface area (Å²) in [5.41, 5.74) is 5.87. The number of rotatable bonds is 11. The van der Waals surface area contributed by atoms with Crippen LogP contribution >= 0.6 is 0 Å². The molecule has 1 heteroatoms. The smallest absolute Gasteiger partial charge is 0.00131 e. The Bertz CT molecular complexity index is 220. The Balaban J connectivity index is 3.64. The first-order chi connectivity index (χ1) is 8.97. The molecular formula is C18H37N. The highest BCUT2D eigenvalue weighted by molar-refractivity contribution is 4.86. The van der Waals surface area contributed by atoms with E-state index in [4.69, 9.17) is 5.73 Å². The minimum Gasteiger partial charge on any atom is -0.328 e.